The summed E-state index contributed by atoms with van der Waals surface area (Å²) < 4.78 is 26.3. The number of aryl methyl sites for hydroxylation is 1. The summed E-state index contributed by atoms with van der Waals surface area (Å²) >= 11 is 0. The Kier molecular flexibility index (Phi) is 6.98. The number of hydrogen-bond acceptors (Lipinski definition) is 5. The Morgan fingerprint density at radius 3 is 2.50 bits per heavy atom. The van der Waals surface area contributed by atoms with E-state index in [4.69, 9.17) is 0 Å². The summed E-state index contributed by atoms with van der Waals surface area (Å²) in [6.45, 7) is 5.32. The van der Waals surface area contributed by atoms with Crippen LogP contribution in [0.25, 0.3) is 0 Å². The molecule has 9 heteroatoms. The molecule has 0 unspecified atom stereocenters. The molecule has 1 heterocycles. The number of benzene rings is 2. The molecule has 32 heavy (non-hydrogen) atoms. The second-order valence-corrected chi connectivity index (χ2v) is 9.62. The number of sulfonamides is 1. The largest absolute Gasteiger partial charge is 0.354 e. The number of rotatable bonds is 8. The van der Waals surface area contributed by atoms with E-state index in [1.165, 1.54) is 23.1 Å². The molecular formula is C23H27N3O5S. The summed E-state index contributed by atoms with van der Waals surface area (Å²) in [6, 6.07) is 12.5. The third-order valence-corrected chi connectivity index (χ3v) is 7.13. The Labute approximate surface area is 188 Å². The zero-order valence-corrected chi connectivity index (χ0v) is 19.2. The number of amides is 3. The molecule has 8 nitrogen and oxygen atoms in total. The van der Waals surface area contributed by atoms with Crippen LogP contribution in [0.1, 0.15) is 41.8 Å². The molecule has 2 aromatic carbocycles. The van der Waals surface area contributed by atoms with Crippen molar-refractivity contribution in [2.24, 2.45) is 0 Å². The highest BCUT2D eigenvalue weighted by molar-refractivity contribution is 7.90. The molecule has 1 aliphatic rings. The maximum Gasteiger partial charge on any atom is 0.269 e. The number of nitrogens with zero attached hydrogens (tertiary/aromatic N) is 2. The van der Waals surface area contributed by atoms with E-state index < -0.39 is 34.4 Å². The third-order valence-electron chi connectivity index (χ3n) is 5.34. The lowest BCUT2D eigenvalue weighted by molar-refractivity contribution is -0.140. The van der Waals surface area contributed by atoms with Gasteiger partial charge in [0.2, 0.25) is 11.8 Å². The minimum atomic E-state index is -4.13. The molecule has 3 amide bonds. The van der Waals surface area contributed by atoms with E-state index in [1.54, 1.807) is 13.0 Å². The van der Waals surface area contributed by atoms with Crippen LogP contribution in [0.5, 0.6) is 0 Å². The van der Waals surface area contributed by atoms with Crippen molar-refractivity contribution in [1.82, 2.24) is 14.5 Å². The van der Waals surface area contributed by atoms with Crippen molar-refractivity contribution in [2.75, 3.05) is 13.1 Å². The van der Waals surface area contributed by atoms with Gasteiger partial charge in [-0.25, -0.2) is 12.7 Å². The molecule has 0 saturated carbocycles. The van der Waals surface area contributed by atoms with Crippen molar-refractivity contribution in [3.63, 3.8) is 0 Å². The Bertz CT molecular complexity index is 1150. The van der Waals surface area contributed by atoms with Crippen LogP contribution in [0.2, 0.25) is 0 Å². The first kappa shape index (κ1) is 23.5. The van der Waals surface area contributed by atoms with Gasteiger partial charge in [0, 0.05) is 13.1 Å². The summed E-state index contributed by atoms with van der Waals surface area (Å²) in [4.78, 5) is 39.8. The maximum atomic E-state index is 13.3. The highest BCUT2D eigenvalue weighted by Crippen LogP contribution is 2.30. The average Bonchev–Trinajstić information content (AvgIpc) is 2.96. The highest BCUT2D eigenvalue weighted by Gasteiger charge is 2.43. The lowest BCUT2D eigenvalue weighted by atomic mass is 10.1. The van der Waals surface area contributed by atoms with Crippen LogP contribution in [0.3, 0.4) is 0 Å². The van der Waals surface area contributed by atoms with Crippen LogP contribution < -0.4 is 5.32 Å². The minimum Gasteiger partial charge on any atom is -0.354 e. The van der Waals surface area contributed by atoms with Crippen LogP contribution in [0, 0.1) is 6.92 Å². The summed E-state index contributed by atoms with van der Waals surface area (Å²) in [5, 5.41) is 2.77. The first-order chi connectivity index (χ1) is 15.2. The fourth-order valence-electron chi connectivity index (χ4n) is 3.59. The second-order valence-electron chi connectivity index (χ2n) is 7.79. The van der Waals surface area contributed by atoms with E-state index >= 15 is 0 Å². The molecule has 0 radical (unpaired) electrons. The van der Waals surface area contributed by atoms with Crippen molar-refractivity contribution in [2.45, 2.75) is 44.7 Å². The lowest BCUT2D eigenvalue weighted by Crippen LogP contribution is -2.51. The van der Waals surface area contributed by atoms with Gasteiger partial charge in [-0.2, -0.15) is 0 Å². The van der Waals surface area contributed by atoms with Crippen molar-refractivity contribution in [3.05, 3.63) is 65.2 Å². The van der Waals surface area contributed by atoms with E-state index in [0.717, 1.165) is 17.5 Å². The molecule has 0 fully saturated rings. The van der Waals surface area contributed by atoms with Gasteiger partial charge >= 0.3 is 0 Å². The summed E-state index contributed by atoms with van der Waals surface area (Å²) in [5.41, 5.74) is 1.83. The van der Waals surface area contributed by atoms with Crippen molar-refractivity contribution < 1.29 is 22.8 Å². The van der Waals surface area contributed by atoms with Gasteiger partial charge in [-0.05, 0) is 38.0 Å². The number of fused-ring (bicyclic) bond motifs is 1. The average molecular weight is 458 g/mol. The van der Waals surface area contributed by atoms with Crippen LogP contribution in [-0.2, 0) is 26.2 Å². The predicted molar refractivity (Wildman–Crippen MR) is 119 cm³/mol. The molecule has 1 N–H and O–H groups in total. The Hall–Kier alpha value is -3.20. The summed E-state index contributed by atoms with van der Waals surface area (Å²) in [6.07, 6.45) is 0.739. The number of carbonyl (C=O) groups excluding carboxylic acids is 3. The standard InChI is InChI=1S/C23H27N3O5S/c1-4-12-24-22(28)17(3)25(14-18-9-7-8-16(2)13-18)21(27)15-26-23(29)19-10-5-6-11-20(19)32(26,30)31/h5-11,13,17H,4,12,14-15H2,1-3H3,(H,24,28)/t17-/m1/s1. The van der Waals surface area contributed by atoms with Gasteiger partial charge in [0.05, 0.1) is 5.56 Å². The van der Waals surface area contributed by atoms with Crippen molar-refractivity contribution in [3.8, 4) is 0 Å². The molecule has 1 aliphatic heterocycles. The Morgan fingerprint density at radius 1 is 1.12 bits per heavy atom. The van der Waals surface area contributed by atoms with Gasteiger partial charge in [0.1, 0.15) is 17.5 Å². The SMILES string of the molecule is CCCNC(=O)[C@@H](C)N(Cc1cccc(C)c1)C(=O)CN1C(=O)c2ccccc2S1(=O)=O. The molecular weight excluding hydrogens is 430 g/mol. The van der Waals surface area contributed by atoms with Crippen molar-refractivity contribution >= 4 is 27.7 Å². The molecule has 3 rings (SSSR count). The van der Waals surface area contributed by atoms with Crippen molar-refractivity contribution in [1.29, 1.82) is 0 Å². The topological polar surface area (TPSA) is 104 Å². The zero-order chi connectivity index (χ0) is 23.5. The number of carbonyl (C=O) groups is 3. The maximum absolute atomic E-state index is 13.3. The second kappa shape index (κ2) is 9.52. The molecule has 0 aliphatic carbocycles. The number of nitrogens with one attached hydrogen (secondary N) is 1. The van der Waals surface area contributed by atoms with Crippen LogP contribution in [-0.4, -0.2) is 54.5 Å². The van der Waals surface area contributed by atoms with E-state index in [0.29, 0.717) is 10.8 Å². The van der Waals surface area contributed by atoms with Gasteiger partial charge in [-0.3, -0.25) is 14.4 Å². The van der Waals surface area contributed by atoms with Gasteiger partial charge in [-0.15, -0.1) is 0 Å². The Morgan fingerprint density at radius 2 is 1.84 bits per heavy atom. The predicted octanol–water partition coefficient (Wildman–Crippen LogP) is 2.08. The minimum absolute atomic E-state index is 0.0410. The van der Waals surface area contributed by atoms with Crippen LogP contribution in [0.15, 0.2) is 53.4 Å². The van der Waals surface area contributed by atoms with E-state index in [2.05, 4.69) is 5.32 Å². The fourth-order valence-corrected chi connectivity index (χ4v) is 5.10. The lowest BCUT2D eigenvalue weighted by Gasteiger charge is -2.30. The molecule has 1 atom stereocenters. The molecule has 170 valence electrons. The fraction of sp³-hybridized carbons (Fsp3) is 0.348. The van der Waals surface area contributed by atoms with Gasteiger partial charge in [0.25, 0.3) is 15.9 Å². The normalized spacial score (nSPS) is 15.2. The van der Waals surface area contributed by atoms with E-state index in [9.17, 15) is 22.8 Å². The first-order valence-corrected chi connectivity index (χ1v) is 11.9. The Balaban J connectivity index is 1.88. The molecule has 0 saturated heterocycles. The zero-order valence-electron chi connectivity index (χ0n) is 18.4. The molecule has 0 spiro atoms. The van der Waals surface area contributed by atoms with E-state index in [1.807, 2.05) is 38.1 Å². The molecule has 0 aromatic heterocycles. The van der Waals surface area contributed by atoms with Gasteiger partial charge in [0.15, 0.2) is 0 Å². The highest BCUT2D eigenvalue weighted by atomic mass is 32.2. The summed E-state index contributed by atoms with van der Waals surface area (Å²) in [5.74, 6) is -1.71. The third kappa shape index (κ3) is 4.67. The van der Waals surface area contributed by atoms with Gasteiger partial charge in [-0.1, -0.05) is 48.9 Å². The monoisotopic (exact) mass is 457 g/mol. The number of hydrogen-bond donors (Lipinski definition) is 1. The van der Waals surface area contributed by atoms with E-state index in [-0.39, 0.29) is 22.9 Å². The molecule has 0 bridgehead atoms. The molecule has 2 aromatic rings. The van der Waals surface area contributed by atoms with Crippen LogP contribution in [0.4, 0.5) is 0 Å². The summed E-state index contributed by atoms with van der Waals surface area (Å²) in [7, 11) is -4.13. The van der Waals surface area contributed by atoms with Gasteiger partial charge < -0.3 is 10.2 Å². The smallest absolute Gasteiger partial charge is 0.269 e. The quantitative estimate of drug-likeness (QED) is 0.654. The van der Waals surface area contributed by atoms with Crippen LogP contribution >= 0.6 is 0 Å². The first-order valence-electron chi connectivity index (χ1n) is 10.5.